The van der Waals surface area contributed by atoms with E-state index in [1.54, 1.807) is 19.6 Å². The maximum Gasteiger partial charge on any atom is 0.253 e. The van der Waals surface area contributed by atoms with Crippen LogP contribution in [0.2, 0.25) is 0 Å². The normalized spacial score (nSPS) is 23.0. The lowest BCUT2D eigenvalue weighted by atomic mass is 9.81. The van der Waals surface area contributed by atoms with Crippen molar-refractivity contribution in [3.05, 3.63) is 42.1 Å². The van der Waals surface area contributed by atoms with E-state index in [1.807, 2.05) is 18.3 Å². The summed E-state index contributed by atoms with van der Waals surface area (Å²) in [7, 11) is 1.73. The van der Waals surface area contributed by atoms with Gasteiger partial charge in [0.2, 0.25) is 0 Å². The second kappa shape index (κ2) is 7.45. The van der Waals surface area contributed by atoms with Gasteiger partial charge >= 0.3 is 0 Å². The molecule has 2 aromatic rings. The van der Waals surface area contributed by atoms with Gasteiger partial charge in [-0.15, -0.1) is 0 Å². The summed E-state index contributed by atoms with van der Waals surface area (Å²) in [5.74, 6) is 1.37. The van der Waals surface area contributed by atoms with Crippen molar-refractivity contribution >= 4 is 11.7 Å². The first-order chi connectivity index (χ1) is 12.8. The van der Waals surface area contributed by atoms with Crippen molar-refractivity contribution in [1.29, 1.82) is 0 Å². The molecule has 3 heterocycles. The quantitative estimate of drug-likeness (QED) is 0.829. The summed E-state index contributed by atoms with van der Waals surface area (Å²) in [6.45, 7) is 1.34. The number of rotatable bonds is 6. The molecule has 26 heavy (non-hydrogen) atoms. The molecule has 1 aliphatic carbocycles. The number of anilines is 1. The van der Waals surface area contributed by atoms with Crippen molar-refractivity contribution in [2.24, 2.45) is 0 Å². The average molecular weight is 355 g/mol. The first kappa shape index (κ1) is 17.0. The summed E-state index contributed by atoms with van der Waals surface area (Å²) in [6.07, 6.45) is 9.75. The number of ether oxygens (including phenoxy) is 1. The van der Waals surface area contributed by atoms with E-state index in [4.69, 9.17) is 4.74 Å². The molecule has 0 unspecified atom stereocenters. The molecule has 4 rings (SSSR count). The first-order valence-corrected chi connectivity index (χ1v) is 9.27. The number of amides is 1. The Hall–Kier alpha value is -2.41. The Morgan fingerprint density at radius 1 is 1.42 bits per heavy atom. The number of methoxy groups -OCH3 is 1. The van der Waals surface area contributed by atoms with E-state index in [0.717, 1.165) is 30.0 Å². The van der Waals surface area contributed by atoms with Crippen molar-refractivity contribution in [2.45, 2.75) is 43.7 Å². The van der Waals surface area contributed by atoms with Crippen molar-refractivity contribution in [2.75, 3.05) is 25.1 Å². The Balaban J connectivity index is 1.42. The summed E-state index contributed by atoms with van der Waals surface area (Å²) in [5, 5.41) is 3.12. The Morgan fingerprint density at radius 3 is 3.00 bits per heavy atom. The number of carbonyl (C=O) groups is 1. The standard InChI is InChI=1S/C19H25N5O2/c1-26-15-9-14(24(11-15)17-6-7-20-12-23-17)10-22-19(25)16-5-8-21-18(16)13-3-2-4-13/h5-8,12-15,21H,2-4,9-11H2,1H3,(H,22,25)/t14-,15-/m1/s1. The van der Waals surface area contributed by atoms with Crippen LogP contribution in [0.5, 0.6) is 0 Å². The number of H-pyrrole nitrogens is 1. The molecule has 1 saturated carbocycles. The monoisotopic (exact) mass is 355 g/mol. The molecule has 1 aliphatic heterocycles. The van der Waals surface area contributed by atoms with Gasteiger partial charge in [-0.3, -0.25) is 4.79 Å². The number of carbonyl (C=O) groups excluding carboxylic acids is 1. The number of nitrogens with zero attached hydrogens (tertiary/aromatic N) is 3. The van der Waals surface area contributed by atoms with Gasteiger partial charge in [-0.05, 0) is 37.3 Å². The van der Waals surface area contributed by atoms with Crippen molar-refractivity contribution in [1.82, 2.24) is 20.3 Å². The fourth-order valence-corrected chi connectivity index (χ4v) is 3.89. The van der Waals surface area contributed by atoms with Crippen LogP contribution in [0.25, 0.3) is 0 Å². The van der Waals surface area contributed by atoms with Crippen molar-refractivity contribution < 1.29 is 9.53 Å². The third-order valence-electron chi connectivity index (χ3n) is 5.61. The molecule has 7 nitrogen and oxygen atoms in total. The van der Waals surface area contributed by atoms with Gasteiger partial charge in [0.15, 0.2) is 0 Å². The van der Waals surface area contributed by atoms with Gasteiger partial charge < -0.3 is 19.9 Å². The zero-order chi connectivity index (χ0) is 17.9. The number of aromatic nitrogens is 3. The second-order valence-electron chi connectivity index (χ2n) is 7.11. The summed E-state index contributed by atoms with van der Waals surface area (Å²) in [4.78, 5) is 26.5. The average Bonchev–Trinajstić information content (AvgIpc) is 3.26. The molecular formula is C19H25N5O2. The first-order valence-electron chi connectivity index (χ1n) is 9.27. The van der Waals surface area contributed by atoms with Gasteiger partial charge in [-0.2, -0.15) is 0 Å². The molecule has 2 aliphatic rings. The minimum atomic E-state index is -0.00310. The van der Waals surface area contributed by atoms with Crippen LogP contribution in [0.1, 0.15) is 47.7 Å². The molecule has 1 amide bonds. The lowest BCUT2D eigenvalue weighted by Crippen LogP contribution is -2.40. The van der Waals surface area contributed by atoms with E-state index < -0.39 is 0 Å². The number of hydrogen-bond acceptors (Lipinski definition) is 5. The number of nitrogens with one attached hydrogen (secondary N) is 2. The van der Waals surface area contributed by atoms with Crippen molar-refractivity contribution in [3.8, 4) is 0 Å². The largest absolute Gasteiger partial charge is 0.380 e. The van der Waals surface area contributed by atoms with Crippen LogP contribution >= 0.6 is 0 Å². The van der Waals surface area contributed by atoms with E-state index in [0.29, 0.717) is 12.5 Å². The molecule has 2 fully saturated rings. The summed E-state index contributed by atoms with van der Waals surface area (Å²) >= 11 is 0. The van der Waals surface area contributed by atoms with Crippen LogP contribution in [-0.2, 0) is 4.74 Å². The molecule has 2 N–H and O–H groups in total. The Kier molecular flexibility index (Phi) is 4.88. The smallest absolute Gasteiger partial charge is 0.253 e. The zero-order valence-electron chi connectivity index (χ0n) is 15.0. The van der Waals surface area contributed by atoms with Gasteiger partial charge in [0.05, 0.1) is 17.7 Å². The zero-order valence-corrected chi connectivity index (χ0v) is 15.0. The van der Waals surface area contributed by atoms with Gasteiger partial charge in [-0.25, -0.2) is 9.97 Å². The number of hydrogen-bond donors (Lipinski definition) is 2. The Bertz CT molecular complexity index is 743. The van der Waals surface area contributed by atoms with Crippen LogP contribution in [-0.4, -0.2) is 53.2 Å². The molecule has 0 aromatic carbocycles. The van der Waals surface area contributed by atoms with E-state index in [1.165, 1.54) is 19.3 Å². The van der Waals surface area contributed by atoms with E-state index in [9.17, 15) is 4.79 Å². The SMILES string of the molecule is CO[C@@H]1C[C@H](CNC(=O)c2cc[nH]c2C2CCC2)N(c2ccncn2)C1. The molecule has 0 spiro atoms. The maximum atomic E-state index is 12.7. The van der Waals surface area contributed by atoms with Crippen LogP contribution in [0.4, 0.5) is 5.82 Å². The van der Waals surface area contributed by atoms with Crippen LogP contribution in [0, 0.1) is 0 Å². The minimum Gasteiger partial charge on any atom is -0.380 e. The molecule has 2 aromatic heterocycles. The Labute approximate surface area is 153 Å². The summed E-state index contributed by atoms with van der Waals surface area (Å²) < 4.78 is 5.54. The van der Waals surface area contributed by atoms with Crippen molar-refractivity contribution in [3.63, 3.8) is 0 Å². The number of aromatic amines is 1. The predicted octanol–water partition coefficient (Wildman–Crippen LogP) is 2.10. The van der Waals surface area contributed by atoms with E-state index >= 15 is 0 Å². The lowest BCUT2D eigenvalue weighted by molar-refractivity contribution is 0.0944. The summed E-state index contributed by atoms with van der Waals surface area (Å²) in [5.41, 5.74) is 1.87. The Morgan fingerprint density at radius 2 is 2.31 bits per heavy atom. The third-order valence-corrected chi connectivity index (χ3v) is 5.61. The van der Waals surface area contributed by atoms with E-state index in [-0.39, 0.29) is 18.1 Å². The van der Waals surface area contributed by atoms with Crippen LogP contribution < -0.4 is 10.2 Å². The van der Waals surface area contributed by atoms with Gasteiger partial charge in [0.25, 0.3) is 5.91 Å². The highest BCUT2D eigenvalue weighted by molar-refractivity contribution is 5.95. The molecule has 138 valence electrons. The fraction of sp³-hybridized carbons (Fsp3) is 0.526. The molecule has 1 saturated heterocycles. The topological polar surface area (TPSA) is 83.1 Å². The highest BCUT2D eigenvalue weighted by atomic mass is 16.5. The lowest BCUT2D eigenvalue weighted by Gasteiger charge is -2.27. The van der Waals surface area contributed by atoms with Crippen LogP contribution in [0.3, 0.4) is 0 Å². The molecular weight excluding hydrogens is 330 g/mol. The van der Waals surface area contributed by atoms with E-state index in [2.05, 4.69) is 25.2 Å². The predicted molar refractivity (Wildman–Crippen MR) is 98.3 cm³/mol. The van der Waals surface area contributed by atoms with Gasteiger partial charge in [0, 0.05) is 38.3 Å². The fourth-order valence-electron chi connectivity index (χ4n) is 3.89. The third kappa shape index (κ3) is 3.31. The molecule has 2 atom stereocenters. The van der Waals surface area contributed by atoms with Crippen LogP contribution in [0.15, 0.2) is 30.9 Å². The molecule has 7 heteroatoms. The summed E-state index contributed by atoms with van der Waals surface area (Å²) in [6, 6.07) is 3.94. The maximum absolute atomic E-state index is 12.7. The van der Waals surface area contributed by atoms with Gasteiger partial charge in [-0.1, -0.05) is 6.42 Å². The second-order valence-corrected chi connectivity index (χ2v) is 7.11. The molecule has 0 radical (unpaired) electrons. The highest BCUT2D eigenvalue weighted by Gasteiger charge is 2.33. The minimum absolute atomic E-state index is 0.00310. The van der Waals surface area contributed by atoms with Gasteiger partial charge in [0.1, 0.15) is 12.1 Å². The molecule has 0 bridgehead atoms. The highest BCUT2D eigenvalue weighted by Crippen LogP contribution is 2.37.